The van der Waals surface area contributed by atoms with Gasteiger partial charge in [0, 0.05) is 18.5 Å². The van der Waals surface area contributed by atoms with Crippen LogP contribution in [0.2, 0.25) is 0 Å². The molecule has 4 amide bonds. The van der Waals surface area contributed by atoms with Crippen molar-refractivity contribution in [1.29, 1.82) is 0 Å². The Balaban J connectivity index is 1.64. The summed E-state index contributed by atoms with van der Waals surface area (Å²) >= 11 is 0. The molecule has 152 valence electrons. The van der Waals surface area contributed by atoms with Gasteiger partial charge < -0.3 is 9.80 Å². The Morgan fingerprint density at radius 2 is 1.85 bits per heavy atom. The first-order chi connectivity index (χ1) is 12.5. The highest BCUT2D eigenvalue weighted by Crippen LogP contribution is 2.34. The number of fused-ring (bicyclic) bond motifs is 2. The molecule has 0 aromatic heterocycles. The predicted octanol–water partition coefficient (Wildman–Crippen LogP) is -1.44. The van der Waals surface area contributed by atoms with E-state index in [2.05, 4.69) is 4.28 Å². The number of hydroxylamine groups is 2. The normalized spacial score (nSPS) is 30.5. The Morgan fingerprint density at radius 3 is 2.41 bits per heavy atom. The fourth-order valence-corrected chi connectivity index (χ4v) is 4.15. The summed E-state index contributed by atoms with van der Waals surface area (Å²) in [5.74, 6) is 4.20. The highest BCUT2D eigenvalue weighted by Gasteiger charge is 2.51. The van der Waals surface area contributed by atoms with Gasteiger partial charge in [-0.1, -0.05) is 0 Å². The van der Waals surface area contributed by atoms with Gasteiger partial charge in [-0.15, -0.1) is 4.28 Å². The number of nitrogens with two attached hydrogens (primary N) is 1. The fourth-order valence-electron chi connectivity index (χ4n) is 3.77. The minimum Gasteiger partial charge on any atom is -0.309 e. The molecule has 3 rings (SSSR count). The highest BCUT2D eigenvalue weighted by molar-refractivity contribution is 7.80. The Labute approximate surface area is 156 Å². The van der Waals surface area contributed by atoms with Crippen LogP contribution in [0.3, 0.4) is 0 Å². The van der Waals surface area contributed by atoms with Gasteiger partial charge in [0.2, 0.25) is 5.91 Å². The van der Waals surface area contributed by atoms with Gasteiger partial charge >= 0.3 is 16.4 Å². The first-order valence-corrected chi connectivity index (χ1v) is 9.92. The van der Waals surface area contributed by atoms with Gasteiger partial charge in [-0.05, 0) is 39.8 Å². The largest absolute Gasteiger partial charge is 0.418 e. The van der Waals surface area contributed by atoms with Gasteiger partial charge in [-0.25, -0.2) is 15.6 Å². The summed E-state index contributed by atoms with van der Waals surface area (Å²) in [7, 11) is -1.04. The van der Waals surface area contributed by atoms with E-state index in [1.165, 1.54) is 0 Å². The third-order valence-corrected chi connectivity index (χ3v) is 5.80. The summed E-state index contributed by atoms with van der Waals surface area (Å²) in [5, 5.41) is 1.11. The van der Waals surface area contributed by atoms with E-state index in [-0.39, 0.29) is 31.3 Å². The monoisotopic (exact) mass is 405 g/mol. The average Bonchev–Trinajstić information content (AvgIpc) is 2.75. The van der Waals surface area contributed by atoms with E-state index in [1.807, 2.05) is 19.0 Å². The fraction of sp³-hybridized carbons (Fsp3) is 0.786. The van der Waals surface area contributed by atoms with Crippen molar-refractivity contribution in [2.45, 2.75) is 43.8 Å². The molecule has 1 aliphatic carbocycles. The molecule has 13 heteroatoms. The standard InChI is InChI=1S/C14H23N5O7S/c1-16(2)10-5-8(6-10)12(20)18(15)13(21)11-4-3-9-7-17(11)14(22)19(9)26-27(23,24)25/h8-11H,3-7,15H2,1-2H3,(H,23,24,25). The van der Waals surface area contributed by atoms with Crippen molar-refractivity contribution >= 4 is 28.2 Å². The number of imide groups is 1. The van der Waals surface area contributed by atoms with Crippen LogP contribution in [-0.2, 0) is 24.3 Å². The van der Waals surface area contributed by atoms with E-state index in [4.69, 9.17) is 10.4 Å². The van der Waals surface area contributed by atoms with Gasteiger partial charge in [0.1, 0.15) is 6.04 Å². The number of hydrogen-bond donors (Lipinski definition) is 2. The van der Waals surface area contributed by atoms with Crippen LogP contribution in [-0.4, -0.2) is 89.5 Å². The maximum atomic E-state index is 12.7. The van der Waals surface area contributed by atoms with E-state index in [0.29, 0.717) is 22.9 Å². The lowest BCUT2D eigenvalue weighted by Gasteiger charge is -2.40. The lowest BCUT2D eigenvalue weighted by Crippen LogP contribution is -2.58. The van der Waals surface area contributed by atoms with Gasteiger partial charge in [0.25, 0.3) is 5.91 Å². The lowest BCUT2D eigenvalue weighted by molar-refractivity contribution is -0.153. The summed E-state index contributed by atoms with van der Waals surface area (Å²) in [6.45, 7) is 0.0406. The molecule has 0 radical (unpaired) electrons. The summed E-state index contributed by atoms with van der Waals surface area (Å²) in [5.41, 5.74) is 0. The van der Waals surface area contributed by atoms with Gasteiger partial charge in [-0.2, -0.15) is 13.5 Å². The number of nitrogens with zero attached hydrogens (tertiary/aromatic N) is 4. The molecule has 0 aromatic carbocycles. The molecule has 2 heterocycles. The number of piperidine rings is 1. The second kappa shape index (κ2) is 6.98. The van der Waals surface area contributed by atoms with Crippen LogP contribution in [0.5, 0.6) is 0 Å². The lowest BCUT2D eigenvalue weighted by atomic mass is 9.79. The van der Waals surface area contributed by atoms with Crippen LogP contribution in [0, 0.1) is 5.92 Å². The van der Waals surface area contributed by atoms with Crippen LogP contribution in [0.4, 0.5) is 4.79 Å². The second-order valence-electron chi connectivity index (χ2n) is 7.34. The van der Waals surface area contributed by atoms with Gasteiger partial charge in [0.15, 0.2) is 0 Å². The topological polar surface area (TPSA) is 154 Å². The molecule has 3 N–H and O–H groups in total. The smallest absolute Gasteiger partial charge is 0.309 e. The number of amides is 4. The van der Waals surface area contributed by atoms with Gasteiger partial charge in [0.05, 0.1) is 6.04 Å². The molecule has 1 saturated carbocycles. The number of hydrazine groups is 1. The molecule has 2 saturated heterocycles. The zero-order valence-corrected chi connectivity index (χ0v) is 15.8. The third-order valence-electron chi connectivity index (χ3n) is 5.45. The summed E-state index contributed by atoms with van der Waals surface area (Å²) in [6, 6.07) is -2.20. The number of hydrogen-bond acceptors (Lipinski definition) is 8. The average molecular weight is 405 g/mol. The molecule has 27 heavy (non-hydrogen) atoms. The van der Waals surface area contributed by atoms with Crippen molar-refractivity contribution < 1.29 is 31.6 Å². The highest BCUT2D eigenvalue weighted by atomic mass is 32.3. The molecule has 2 bridgehead atoms. The Bertz CT molecular complexity index is 751. The Morgan fingerprint density at radius 1 is 1.22 bits per heavy atom. The molecule has 2 aliphatic heterocycles. The van der Waals surface area contributed by atoms with Crippen molar-refractivity contribution in [2.24, 2.45) is 11.8 Å². The number of urea groups is 1. The van der Waals surface area contributed by atoms with Crippen molar-refractivity contribution in [3.8, 4) is 0 Å². The molecule has 12 nitrogen and oxygen atoms in total. The number of carbonyl (C=O) groups is 3. The van der Waals surface area contributed by atoms with E-state index in [0.717, 1.165) is 4.90 Å². The van der Waals surface area contributed by atoms with Crippen LogP contribution in [0.15, 0.2) is 0 Å². The summed E-state index contributed by atoms with van der Waals surface area (Å²) in [4.78, 5) is 40.6. The second-order valence-corrected chi connectivity index (χ2v) is 8.35. The molecule has 2 atom stereocenters. The molecule has 0 spiro atoms. The van der Waals surface area contributed by atoms with Gasteiger partial charge in [-0.3, -0.25) is 14.1 Å². The Hall–Kier alpha value is -1.80. The zero-order chi connectivity index (χ0) is 20.1. The molecule has 3 fully saturated rings. The van der Waals surface area contributed by atoms with E-state index < -0.39 is 40.3 Å². The first kappa shape index (κ1) is 19.9. The van der Waals surface area contributed by atoms with Crippen molar-refractivity contribution in [2.75, 3.05) is 20.6 Å². The predicted molar refractivity (Wildman–Crippen MR) is 89.6 cm³/mol. The van der Waals surface area contributed by atoms with E-state index in [9.17, 15) is 22.8 Å². The third kappa shape index (κ3) is 3.78. The molecule has 0 aromatic rings. The molecular weight excluding hydrogens is 382 g/mol. The molecule has 3 aliphatic rings. The summed E-state index contributed by atoms with van der Waals surface area (Å²) < 4.78 is 34.9. The minimum atomic E-state index is -4.87. The van der Waals surface area contributed by atoms with Crippen LogP contribution in [0.1, 0.15) is 25.7 Å². The molecule has 2 unspecified atom stereocenters. The molecular formula is C14H23N5O7S. The van der Waals surface area contributed by atoms with Crippen LogP contribution >= 0.6 is 0 Å². The Kier molecular flexibility index (Phi) is 5.16. The maximum absolute atomic E-state index is 12.7. The quantitative estimate of drug-likeness (QED) is 0.184. The van der Waals surface area contributed by atoms with Crippen molar-refractivity contribution in [3.63, 3.8) is 0 Å². The van der Waals surface area contributed by atoms with E-state index >= 15 is 0 Å². The minimum absolute atomic E-state index is 0.0406. The van der Waals surface area contributed by atoms with Crippen molar-refractivity contribution in [1.82, 2.24) is 19.9 Å². The number of carbonyl (C=O) groups excluding carboxylic acids is 3. The van der Waals surface area contributed by atoms with Crippen LogP contribution < -0.4 is 5.84 Å². The van der Waals surface area contributed by atoms with Crippen molar-refractivity contribution in [3.05, 3.63) is 0 Å². The maximum Gasteiger partial charge on any atom is 0.418 e. The van der Waals surface area contributed by atoms with E-state index in [1.54, 1.807) is 0 Å². The zero-order valence-electron chi connectivity index (χ0n) is 15.0. The first-order valence-electron chi connectivity index (χ1n) is 8.55. The number of rotatable bonds is 5. The van der Waals surface area contributed by atoms with Crippen LogP contribution in [0.25, 0.3) is 0 Å². The SMILES string of the molecule is CN(C)C1CC(C(=O)N(N)C(=O)C2CCC3CN2C(=O)N3OS(=O)(=O)O)C1. The summed E-state index contributed by atoms with van der Waals surface area (Å²) in [6.07, 6.45) is 1.69.